The van der Waals surface area contributed by atoms with Gasteiger partial charge in [0.2, 0.25) is 0 Å². The Morgan fingerprint density at radius 1 is 1.22 bits per heavy atom. The summed E-state index contributed by atoms with van der Waals surface area (Å²) in [5.74, 6) is 0. The van der Waals surface area contributed by atoms with E-state index in [0.717, 1.165) is 12.1 Å². The Morgan fingerprint density at radius 2 is 1.67 bits per heavy atom. The number of hydrogen-bond acceptors (Lipinski definition) is 2. The van der Waals surface area contributed by atoms with Crippen molar-refractivity contribution < 1.29 is 39.8 Å². The van der Waals surface area contributed by atoms with Crippen molar-refractivity contribution >= 4 is 6.29 Å². The standard InChI is InChI=1S/C7H4F3.C5H9O.O.Zn/c8-7(9,10)6-4-2-1-3-5-6;1-5(2,3)4-6;;/h1-2,4-5H;1-3H3;;/q2*-1;;. The van der Waals surface area contributed by atoms with Crippen LogP contribution in [0.15, 0.2) is 24.3 Å². The molecule has 0 heterocycles. The van der Waals surface area contributed by atoms with E-state index in [1.807, 2.05) is 27.1 Å². The fourth-order valence-corrected chi connectivity index (χ4v) is 0.570. The molecule has 1 aromatic rings. The molecule has 98 valence electrons. The molecule has 2 nitrogen and oxygen atoms in total. The molecule has 0 amide bonds. The number of rotatable bonds is 0. The van der Waals surface area contributed by atoms with Crippen molar-refractivity contribution in [3.63, 3.8) is 0 Å². The molecule has 0 aliphatic heterocycles. The zero-order valence-electron chi connectivity index (χ0n) is 10.5. The van der Waals surface area contributed by atoms with Crippen LogP contribution in [0.5, 0.6) is 0 Å². The zero-order valence-corrected chi connectivity index (χ0v) is 13.4. The van der Waals surface area contributed by atoms with Crippen LogP contribution >= 0.6 is 0 Å². The first-order chi connectivity index (χ1) is 8.17. The summed E-state index contributed by atoms with van der Waals surface area (Å²) in [6, 6.07) is 7.01. The third kappa shape index (κ3) is 11.6. The molecule has 0 N–H and O–H groups in total. The van der Waals surface area contributed by atoms with Crippen molar-refractivity contribution in [2.45, 2.75) is 26.9 Å². The fourth-order valence-electron chi connectivity index (χ4n) is 0.570. The van der Waals surface area contributed by atoms with Crippen molar-refractivity contribution in [3.05, 3.63) is 35.9 Å². The molecular weight excluding hydrogens is 299 g/mol. The van der Waals surface area contributed by atoms with Gasteiger partial charge in [-0.1, -0.05) is 26.3 Å². The summed E-state index contributed by atoms with van der Waals surface area (Å²) in [4.78, 5) is 9.70. The molecule has 0 saturated carbocycles. The van der Waals surface area contributed by atoms with Gasteiger partial charge in [0.1, 0.15) is 0 Å². The summed E-state index contributed by atoms with van der Waals surface area (Å²) >= 11 is 0.125. The van der Waals surface area contributed by atoms with Gasteiger partial charge in [0.25, 0.3) is 0 Å². The molecule has 0 aliphatic carbocycles. The van der Waals surface area contributed by atoms with Crippen LogP contribution in [0, 0.1) is 11.5 Å². The van der Waals surface area contributed by atoms with E-state index >= 15 is 0 Å². The van der Waals surface area contributed by atoms with Gasteiger partial charge in [-0.2, -0.15) is 43.5 Å². The van der Waals surface area contributed by atoms with Crippen molar-refractivity contribution in [3.8, 4) is 0 Å². The average Bonchev–Trinajstić information content (AvgIpc) is 2.32. The molecule has 18 heavy (non-hydrogen) atoms. The van der Waals surface area contributed by atoms with Gasteiger partial charge < -0.3 is 4.79 Å². The van der Waals surface area contributed by atoms with E-state index in [9.17, 15) is 18.0 Å². The second-order valence-electron chi connectivity index (χ2n) is 4.14. The SMILES string of the molecule is CC(C)(C)[C-]=O.FC(F)(F)c1c[c-]ccc1.[O]=[Zn]. The first-order valence-electron chi connectivity index (χ1n) is 4.88. The minimum atomic E-state index is -4.24. The quantitative estimate of drug-likeness (QED) is 0.542. The maximum atomic E-state index is 11.8. The number of benzene rings is 1. The van der Waals surface area contributed by atoms with Gasteiger partial charge in [-0.25, -0.2) is 0 Å². The summed E-state index contributed by atoms with van der Waals surface area (Å²) in [6.45, 7) is 5.46. The normalized spacial score (nSPS) is 10.4. The third-order valence-corrected chi connectivity index (χ3v) is 1.34. The van der Waals surface area contributed by atoms with Crippen molar-refractivity contribution in [2.75, 3.05) is 0 Å². The number of carbonyl (C=O) groups excluding carboxylic acids is 1. The Morgan fingerprint density at radius 3 is 1.83 bits per heavy atom. The second kappa shape index (κ2) is 9.09. The van der Waals surface area contributed by atoms with Gasteiger partial charge in [0.15, 0.2) is 0 Å². The summed E-state index contributed by atoms with van der Waals surface area (Å²) in [7, 11) is 0. The van der Waals surface area contributed by atoms with Crippen LogP contribution in [-0.2, 0) is 32.8 Å². The monoisotopic (exact) mass is 310 g/mol. The molecule has 0 fully saturated rings. The van der Waals surface area contributed by atoms with E-state index < -0.39 is 11.7 Å². The molecule has 0 saturated heterocycles. The molecule has 1 aromatic carbocycles. The topological polar surface area (TPSA) is 34.1 Å². The molecule has 1 rings (SSSR count). The van der Waals surface area contributed by atoms with E-state index in [2.05, 4.69) is 6.07 Å². The molecule has 0 spiro atoms. The minimum absolute atomic E-state index is 0.125. The number of alkyl halides is 3. The summed E-state index contributed by atoms with van der Waals surface area (Å²) in [5, 5.41) is 0. The Balaban J connectivity index is 0. The number of hydrogen-bond donors (Lipinski definition) is 0. The van der Waals surface area contributed by atoms with E-state index in [4.69, 9.17) is 3.57 Å². The first-order valence-corrected chi connectivity index (χ1v) is 6.09. The molecule has 0 unspecified atom stereocenters. The van der Waals surface area contributed by atoms with Crippen LogP contribution in [-0.4, -0.2) is 6.29 Å². The molecule has 0 aliphatic rings. The van der Waals surface area contributed by atoms with Gasteiger partial charge >= 0.3 is 28.0 Å². The van der Waals surface area contributed by atoms with Crippen LogP contribution in [0.25, 0.3) is 0 Å². The molecule has 0 atom stereocenters. The Kier molecular flexibility index (Phi) is 9.82. The van der Waals surface area contributed by atoms with Crippen LogP contribution in [0.1, 0.15) is 26.3 Å². The molecule has 0 radical (unpaired) electrons. The van der Waals surface area contributed by atoms with Gasteiger partial charge in [-0.3, -0.25) is 6.29 Å². The third-order valence-electron chi connectivity index (χ3n) is 1.34. The Bertz CT molecular complexity index is 331. The van der Waals surface area contributed by atoms with Gasteiger partial charge in [0.05, 0.1) is 0 Å². The predicted octanol–water partition coefficient (Wildman–Crippen LogP) is 3.53. The van der Waals surface area contributed by atoms with E-state index in [1.54, 1.807) is 0 Å². The summed E-state index contributed by atoms with van der Waals surface area (Å²) < 4.78 is 43.7. The van der Waals surface area contributed by atoms with Crippen molar-refractivity contribution in [1.82, 2.24) is 0 Å². The van der Waals surface area contributed by atoms with Gasteiger partial charge in [-0.15, -0.1) is 5.41 Å². The Labute approximate surface area is 115 Å². The zero-order chi connectivity index (χ0) is 14.8. The van der Waals surface area contributed by atoms with E-state index in [-0.39, 0.29) is 23.7 Å². The van der Waals surface area contributed by atoms with Crippen molar-refractivity contribution in [2.24, 2.45) is 5.41 Å². The molecular formula is C12H13F3O2Zn-2. The number of halogens is 3. The Hall–Kier alpha value is -0.897. The predicted molar refractivity (Wildman–Crippen MR) is 56.1 cm³/mol. The van der Waals surface area contributed by atoms with Gasteiger partial charge in [-0.05, 0) is 0 Å². The van der Waals surface area contributed by atoms with E-state index in [1.165, 1.54) is 12.1 Å². The van der Waals surface area contributed by atoms with Crippen LogP contribution in [0.4, 0.5) is 13.2 Å². The van der Waals surface area contributed by atoms with Gasteiger partial charge in [0, 0.05) is 0 Å². The average molecular weight is 312 g/mol. The van der Waals surface area contributed by atoms with Crippen LogP contribution in [0.2, 0.25) is 0 Å². The summed E-state index contributed by atoms with van der Waals surface area (Å²) in [5.41, 5.74) is -0.921. The van der Waals surface area contributed by atoms with E-state index in [0.29, 0.717) is 0 Å². The van der Waals surface area contributed by atoms with Crippen LogP contribution < -0.4 is 0 Å². The van der Waals surface area contributed by atoms with Crippen molar-refractivity contribution in [1.29, 1.82) is 0 Å². The second-order valence-corrected chi connectivity index (χ2v) is 4.14. The molecule has 0 aromatic heterocycles. The first kappa shape index (κ1) is 19.4. The molecule has 0 bridgehead atoms. The van der Waals surface area contributed by atoms with Crippen LogP contribution in [0.3, 0.4) is 0 Å². The fraction of sp³-hybridized carbons (Fsp3) is 0.417. The maximum absolute atomic E-state index is 11.8. The molecule has 6 heteroatoms. The summed E-state index contributed by atoms with van der Waals surface area (Å²) in [6.07, 6.45) is -2.38.